The van der Waals surface area contributed by atoms with Crippen LogP contribution in [0.25, 0.3) is 22.6 Å². The molecule has 0 saturated carbocycles. The van der Waals surface area contributed by atoms with Gasteiger partial charge < -0.3 is 9.52 Å². The number of hydrogen-bond donors (Lipinski definition) is 1. The predicted molar refractivity (Wildman–Crippen MR) is 75.9 cm³/mol. The number of oxazole rings is 1. The summed E-state index contributed by atoms with van der Waals surface area (Å²) in [5, 5.41) is 9.17. The Hall–Kier alpha value is -2.62. The summed E-state index contributed by atoms with van der Waals surface area (Å²) in [7, 11) is 0. The second kappa shape index (κ2) is 4.49. The summed E-state index contributed by atoms with van der Waals surface area (Å²) in [5.74, 6) is -0.559. The van der Waals surface area contributed by atoms with Gasteiger partial charge in [0.1, 0.15) is 5.52 Å². The lowest BCUT2D eigenvalue weighted by molar-refractivity contribution is 0.0699. The van der Waals surface area contributed by atoms with Crippen molar-refractivity contribution in [3.63, 3.8) is 0 Å². The molecule has 0 unspecified atom stereocenters. The fraction of sp³-hybridized carbons (Fsp3) is 0.125. The molecule has 0 atom stereocenters. The summed E-state index contributed by atoms with van der Waals surface area (Å²) in [6.07, 6.45) is 0. The molecule has 0 aliphatic heterocycles. The monoisotopic (exact) mass is 267 g/mol. The zero-order valence-corrected chi connectivity index (χ0v) is 11.2. The quantitative estimate of drug-likeness (QED) is 0.766. The van der Waals surface area contributed by atoms with Crippen LogP contribution in [0.2, 0.25) is 0 Å². The normalized spacial score (nSPS) is 10.9. The van der Waals surface area contributed by atoms with E-state index >= 15 is 0 Å². The van der Waals surface area contributed by atoms with E-state index in [1.807, 2.05) is 26.0 Å². The highest BCUT2D eigenvalue weighted by Crippen LogP contribution is 2.27. The van der Waals surface area contributed by atoms with E-state index in [2.05, 4.69) is 11.1 Å². The van der Waals surface area contributed by atoms with E-state index in [-0.39, 0.29) is 5.56 Å². The minimum absolute atomic E-state index is 0.155. The van der Waals surface area contributed by atoms with Crippen molar-refractivity contribution in [3.05, 3.63) is 53.1 Å². The number of aryl methyl sites for hydroxylation is 2. The molecule has 0 bridgehead atoms. The molecule has 3 rings (SSSR count). The van der Waals surface area contributed by atoms with Gasteiger partial charge in [-0.05, 0) is 38.1 Å². The number of rotatable bonds is 2. The largest absolute Gasteiger partial charge is 0.478 e. The van der Waals surface area contributed by atoms with Gasteiger partial charge in [0.2, 0.25) is 5.89 Å². The highest BCUT2D eigenvalue weighted by molar-refractivity contribution is 6.00. The maximum absolute atomic E-state index is 11.2. The molecule has 0 fully saturated rings. The second-order valence-corrected chi connectivity index (χ2v) is 4.85. The van der Waals surface area contributed by atoms with Crippen LogP contribution < -0.4 is 0 Å². The van der Waals surface area contributed by atoms with Gasteiger partial charge in [-0.15, -0.1) is 0 Å². The number of aromatic carboxylic acids is 1. The zero-order valence-electron chi connectivity index (χ0n) is 11.2. The van der Waals surface area contributed by atoms with Gasteiger partial charge in [0, 0.05) is 5.56 Å². The van der Waals surface area contributed by atoms with Crippen LogP contribution in [-0.4, -0.2) is 16.1 Å². The third-order valence-electron chi connectivity index (χ3n) is 3.12. The van der Waals surface area contributed by atoms with Crippen LogP contribution in [0.3, 0.4) is 0 Å². The first-order chi connectivity index (χ1) is 9.54. The van der Waals surface area contributed by atoms with Crippen molar-refractivity contribution in [1.82, 2.24) is 4.98 Å². The van der Waals surface area contributed by atoms with E-state index in [4.69, 9.17) is 9.52 Å². The third-order valence-corrected chi connectivity index (χ3v) is 3.12. The summed E-state index contributed by atoms with van der Waals surface area (Å²) in [6.45, 7) is 4.00. The lowest BCUT2D eigenvalue weighted by Crippen LogP contribution is -1.96. The molecule has 1 heterocycles. The van der Waals surface area contributed by atoms with Crippen molar-refractivity contribution in [2.45, 2.75) is 13.8 Å². The zero-order chi connectivity index (χ0) is 14.3. The first kappa shape index (κ1) is 12.4. The number of carboxylic acids is 1. The molecule has 2 aromatic carbocycles. The van der Waals surface area contributed by atoms with Gasteiger partial charge >= 0.3 is 5.97 Å². The lowest BCUT2D eigenvalue weighted by atomic mass is 10.1. The van der Waals surface area contributed by atoms with Gasteiger partial charge in [-0.1, -0.05) is 23.3 Å². The average molecular weight is 267 g/mol. The van der Waals surface area contributed by atoms with Crippen LogP contribution in [-0.2, 0) is 0 Å². The van der Waals surface area contributed by atoms with E-state index in [0.717, 1.165) is 16.7 Å². The minimum atomic E-state index is -1.00. The molecule has 0 amide bonds. The second-order valence-electron chi connectivity index (χ2n) is 4.85. The summed E-state index contributed by atoms with van der Waals surface area (Å²) in [5.41, 5.74) is 4.10. The Morgan fingerprint density at radius 3 is 2.50 bits per heavy atom. The van der Waals surface area contributed by atoms with Crippen molar-refractivity contribution in [3.8, 4) is 11.5 Å². The molecule has 1 aromatic heterocycles. The van der Waals surface area contributed by atoms with Crippen molar-refractivity contribution in [2.75, 3.05) is 0 Å². The van der Waals surface area contributed by atoms with Gasteiger partial charge in [-0.25, -0.2) is 9.78 Å². The van der Waals surface area contributed by atoms with Gasteiger partial charge in [-0.3, -0.25) is 0 Å². The van der Waals surface area contributed by atoms with E-state index in [1.54, 1.807) is 12.1 Å². The van der Waals surface area contributed by atoms with Gasteiger partial charge in [0.25, 0.3) is 0 Å². The summed E-state index contributed by atoms with van der Waals surface area (Å²) >= 11 is 0. The van der Waals surface area contributed by atoms with Crippen LogP contribution in [0.15, 0.2) is 40.8 Å². The van der Waals surface area contributed by atoms with E-state index in [0.29, 0.717) is 17.0 Å². The Kier molecular flexibility index (Phi) is 2.79. The van der Waals surface area contributed by atoms with E-state index < -0.39 is 5.97 Å². The van der Waals surface area contributed by atoms with Crippen molar-refractivity contribution < 1.29 is 14.3 Å². The molecular formula is C16H13NO3. The number of carboxylic acid groups (broad SMARTS) is 1. The van der Waals surface area contributed by atoms with E-state index in [1.165, 1.54) is 6.07 Å². The summed E-state index contributed by atoms with van der Waals surface area (Å²) in [6, 6.07) is 10.9. The molecule has 100 valence electrons. The van der Waals surface area contributed by atoms with Crippen LogP contribution in [0.4, 0.5) is 0 Å². The number of carbonyl (C=O) groups is 1. The van der Waals surface area contributed by atoms with Crippen LogP contribution in [0, 0.1) is 13.8 Å². The number of nitrogens with zero attached hydrogens (tertiary/aromatic N) is 1. The maximum Gasteiger partial charge on any atom is 0.338 e. The van der Waals surface area contributed by atoms with Crippen LogP contribution in [0.1, 0.15) is 21.5 Å². The van der Waals surface area contributed by atoms with Crippen LogP contribution in [0.5, 0.6) is 0 Å². The Balaban J connectivity index is 2.23. The van der Waals surface area contributed by atoms with E-state index in [9.17, 15) is 4.79 Å². The highest BCUT2D eigenvalue weighted by Gasteiger charge is 2.15. The fourth-order valence-corrected chi connectivity index (χ4v) is 2.34. The predicted octanol–water partition coefficient (Wildman–Crippen LogP) is 3.81. The summed E-state index contributed by atoms with van der Waals surface area (Å²) < 4.78 is 5.68. The molecule has 0 spiro atoms. The van der Waals surface area contributed by atoms with Crippen molar-refractivity contribution >= 4 is 17.1 Å². The topological polar surface area (TPSA) is 63.3 Å². The highest BCUT2D eigenvalue weighted by atomic mass is 16.4. The van der Waals surface area contributed by atoms with Gasteiger partial charge in [0.15, 0.2) is 5.58 Å². The molecular weight excluding hydrogens is 254 g/mol. The molecule has 4 nitrogen and oxygen atoms in total. The molecule has 3 aromatic rings. The lowest BCUT2D eigenvalue weighted by Gasteiger charge is -2.00. The molecule has 20 heavy (non-hydrogen) atoms. The maximum atomic E-state index is 11.2. The number of aromatic nitrogens is 1. The average Bonchev–Trinajstić information content (AvgIpc) is 2.80. The molecule has 0 radical (unpaired) electrons. The number of hydrogen-bond acceptors (Lipinski definition) is 3. The Morgan fingerprint density at radius 2 is 1.85 bits per heavy atom. The molecule has 1 N–H and O–H groups in total. The Labute approximate surface area is 115 Å². The van der Waals surface area contributed by atoms with Crippen molar-refractivity contribution in [1.29, 1.82) is 0 Å². The minimum Gasteiger partial charge on any atom is -0.478 e. The third kappa shape index (κ3) is 2.05. The Bertz CT molecular complexity index is 797. The molecule has 0 aliphatic carbocycles. The number of para-hydroxylation sites is 1. The molecule has 0 saturated heterocycles. The standard InChI is InChI=1S/C16H13NO3/c1-9-6-10(2)8-11(7-9)15-17-14-12(16(18)19)4-3-5-13(14)20-15/h3-8H,1-2H3,(H,18,19). The molecule has 4 heteroatoms. The first-order valence-electron chi connectivity index (χ1n) is 6.26. The fourth-order valence-electron chi connectivity index (χ4n) is 2.34. The first-order valence-corrected chi connectivity index (χ1v) is 6.26. The number of benzene rings is 2. The smallest absolute Gasteiger partial charge is 0.338 e. The van der Waals surface area contributed by atoms with Crippen LogP contribution >= 0.6 is 0 Å². The summed E-state index contributed by atoms with van der Waals surface area (Å²) in [4.78, 5) is 15.5. The number of fused-ring (bicyclic) bond motifs is 1. The van der Waals surface area contributed by atoms with Gasteiger partial charge in [-0.2, -0.15) is 0 Å². The Morgan fingerprint density at radius 1 is 1.15 bits per heavy atom. The van der Waals surface area contributed by atoms with Gasteiger partial charge in [0.05, 0.1) is 5.56 Å². The molecule has 0 aliphatic rings. The SMILES string of the molecule is Cc1cc(C)cc(-c2nc3c(C(=O)O)cccc3o2)c1. The van der Waals surface area contributed by atoms with Crippen molar-refractivity contribution in [2.24, 2.45) is 0 Å².